The zero-order valence-electron chi connectivity index (χ0n) is 15.4. The summed E-state index contributed by atoms with van der Waals surface area (Å²) in [6.45, 7) is 2.38. The number of benzene rings is 2. The van der Waals surface area contributed by atoms with Crippen LogP contribution < -0.4 is 5.32 Å². The molecule has 0 spiro atoms. The van der Waals surface area contributed by atoms with Gasteiger partial charge in [-0.05, 0) is 36.2 Å². The van der Waals surface area contributed by atoms with Gasteiger partial charge in [-0.15, -0.1) is 0 Å². The summed E-state index contributed by atoms with van der Waals surface area (Å²) in [4.78, 5) is 9.25. The van der Waals surface area contributed by atoms with E-state index in [-0.39, 0.29) is 0 Å². The third kappa shape index (κ3) is 4.14. The Hall–Kier alpha value is -2.55. The minimum absolute atomic E-state index is 0.325. The van der Waals surface area contributed by atoms with Crippen molar-refractivity contribution in [1.82, 2.24) is 14.3 Å². The lowest BCUT2D eigenvalue weighted by Gasteiger charge is -2.26. The van der Waals surface area contributed by atoms with Gasteiger partial charge in [0.1, 0.15) is 5.82 Å². The highest BCUT2D eigenvalue weighted by molar-refractivity contribution is 7.89. The maximum Gasteiger partial charge on any atom is 0.243 e. The summed E-state index contributed by atoms with van der Waals surface area (Å²) in [5.74, 6) is 0.727. The third-order valence-electron chi connectivity index (χ3n) is 4.70. The number of fused-ring (bicyclic) bond motifs is 1. The van der Waals surface area contributed by atoms with E-state index in [0.29, 0.717) is 37.7 Å². The number of para-hydroxylation sites is 2. The van der Waals surface area contributed by atoms with Crippen molar-refractivity contribution in [2.24, 2.45) is 0 Å². The molecule has 0 bridgehead atoms. The lowest BCUT2D eigenvalue weighted by atomic mass is 10.1. The largest absolute Gasteiger partial charge is 0.379 e. The van der Waals surface area contributed by atoms with Gasteiger partial charge in [0.15, 0.2) is 0 Å². The van der Waals surface area contributed by atoms with Crippen LogP contribution in [0.3, 0.4) is 0 Å². The van der Waals surface area contributed by atoms with E-state index in [0.717, 1.165) is 28.8 Å². The average Bonchev–Trinajstić information content (AvgIpc) is 2.75. The summed E-state index contributed by atoms with van der Waals surface area (Å²) in [6, 6.07) is 14.8. The van der Waals surface area contributed by atoms with Crippen molar-refractivity contribution in [2.75, 3.05) is 38.2 Å². The molecular formula is C20H22N4O3S. The van der Waals surface area contributed by atoms with Crippen LogP contribution in [0.5, 0.6) is 0 Å². The van der Waals surface area contributed by atoms with E-state index in [4.69, 9.17) is 4.74 Å². The van der Waals surface area contributed by atoms with Crippen molar-refractivity contribution in [1.29, 1.82) is 0 Å². The molecule has 1 fully saturated rings. The van der Waals surface area contributed by atoms with Gasteiger partial charge >= 0.3 is 0 Å². The number of hydrogen-bond acceptors (Lipinski definition) is 6. The summed E-state index contributed by atoms with van der Waals surface area (Å²) in [6.07, 6.45) is 2.48. The van der Waals surface area contributed by atoms with Crippen LogP contribution >= 0.6 is 0 Å². The molecule has 0 amide bonds. The Kier molecular flexibility index (Phi) is 5.52. The number of ether oxygens (including phenoxy) is 1. The Bertz CT molecular complexity index is 1050. The van der Waals surface area contributed by atoms with E-state index < -0.39 is 10.0 Å². The number of nitrogens with one attached hydrogen (secondary N) is 1. The quantitative estimate of drug-likeness (QED) is 0.686. The van der Waals surface area contributed by atoms with E-state index >= 15 is 0 Å². The summed E-state index contributed by atoms with van der Waals surface area (Å²) in [5.41, 5.74) is 2.78. The first-order valence-electron chi connectivity index (χ1n) is 9.25. The summed E-state index contributed by atoms with van der Waals surface area (Å²) >= 11 is 0. The maximum absolute atomic E-state index is 12.6. The second kappa shape index (κ2) is 8.22. The standard InChI is InChI=1S/C20H22N4O3S/c25-28(26,24-11-13-27-14-12-24)17-7-5-16(6-8-17)9-10-21-20-15-22-18-3-1-2-4-19(18)23-20/h1-8,15H,9-14H2,(H,21,23). The van der Waals surface area contributed by atoms with Crippen LogP contribution in [0.15, 0.2) is 59.6 Å². The van der Waals surface area contributed by atoms with E-state index in [9.17, 15) is 8.42 Å². The van der Waals surface area contributed by atoms with Crippen molar-refractivity contribution in [3.8, 4) is 0 Å². The molecule has 1 aliphatic rings. The van der Waals surface area contributed by atoms with E-state index in [1.165, 1.54) is 4.31 Å². The minimum atomic E-state index is -3.44. The number of morpholine rings is 1. The molecule has 2 aromatic carbocycles. The molecule has 4 rings (SSSR count). The Balaban J connectivity index is 1.36. The van der Waals surface area contributed by atoms with Crippen molar-refractivity contribution >= 4 is 26.9 Å². The minimum Gasteiger partial charge on any atom is -0.379 e. The highest BCUT2D eigenvalue weighted by Gasteiger charge is 2.25. The molecule has 0 aliphatic carbocycles. The molecule has 3 aromatic rings. The second-order valence-electron chi connectivity index (χ2n) is 6.58. The molecule has 2 heterocycles. The molecule has 1 N–H and O–H groups in total. The van der Waals surface area contributed by atoms with Crippen LogP contribution in [0.2, 0.25) is 0 Å². The molecule has 1 aromatic heterocycles. The molecule has 7 nitrogen and oxygen atoms in total. The molecule has 28 heavy (non-hydrogen) atoms. The zero-order chi connectivity index (χ0) is 19.4. The molecule has 0 atom stereocenters. The maximum atomic E-state index is 12.6. The molecule has 0 saturated carbocycles. The number of hydrogen-bond donors (Lipinski definition) is 1. The monoisotopic (exact) mass is 398 g/mol. The Labute approximate surface area is 164 Å². The Morgan fingerprint density at radius 3 is 2.46 bits per heavy atom. The van der Waals surface area contributed by atoms with Gasteiger partial charge in [-0.1, -0.05) is 24.3 Å². The van der Waals surface area contributed by atoms with Crippen LogP contribution in [0.1, 0.15) is 5.56 Å². The lowest BCUT2D eigenvalue weighted by molar-refractivity contribution is 0.0730. The van der Waals surface area contributed by atoms with Gasteiger partial charge in [0, 0.05) is 19.6 Å². The molecular weight excluding hydrogens is 376 g/mol. The van der Waals surface area contributed by atoms with Crippen LogP contribution in [-0.2, 0) is 21.2 Å². The molecule has 1 saturated heterocycles. The summed E-state index contributed by atoms with van der Waals surface area (Å²) in [5, 5.41) is 3.27. The van der Waals surface area contributed by atoms with E-state index in [1.54, 1.807) is 18.3 Å². The number of sulfonamides is 1. The third-order valence-corrected chi connectivity index (χ3v) is 6.61. The van der Waals surface area contributed by atoms with Crippen molar-refractivity contribution in [2.45, 2.75) is 11.3 Å². The van der Waals surface area contributed by atoms with E-state index in [1.807, 2.05) is 36.4 Å². The number of rotatable bonds is 6. The highest BCUT2D eigenvalue weighted by Crippen LogP contribution is 2.18. The summed E-state index contributed by atoms with van der Waals surface area (Å²) < 4.78 is 32.0. The Morgan fingerprint density at radius 2 is 1.71 bits per heavy atom. The van der Waals surface area contributed by atoms with Crippen LogP contribution in [0.4, 0.5) is 5.82 Å². The van der Waals surface area contributed by atoms with Gasteiger partial charge in [0.25, 0.3) is 0 Å². The zero-order valence-corrected chi connectivity index (χ0v) is 16.2. The summed E-state index contributed by atoms with van der Waals surface area (Å²) in [7, 11) is -3.44. The van der Waals surface area contributed by atoms with Crippen LogP contribution in [0, 0.1) is 0 Å². The normalized spacial score (nSPS) is 15.6. The Morgan fingerprint density at radius 1 is 1.00 bits per heavy atom. The van der Waals surface area contributed by atoms with Gasteiger partial charge in [-0.25, -0.2) is 13.4 Å². The van der Waals surface area contributed by atoms with Crippen LogP contribution in [0.25, 0.3) is 11.0 Å². The lowest BCUT2D eigenvalue weighted by Crippen LogP contribution is -2.40. The van der Waals surface area contributed by atoms with Crippen LogP contribution in [-0.4, -0.2) is 55.5 Å². The topological polar surface area (TPSA) is 84.4 Å². The second-order valence-corrected chi connectivity index (χ2v) is 8.52. The number of aromatic nitrogens is 2. The molecule has 1 aliphatic heterocycles. The van der Waals surface area contributed by atoms with Gasteiger partial charge in [0.05, 0.1) is 35.3 Å². The van der Waals surface area contributed by atoms with Gasteiger partial charge in [-0.3, -0.25) is 4.98 Å². The highest BCUT2D eigenvalue weighted by atomic mass is 32.2. The first-order valence-corrected chi connectivity index (χ1v) is 10.7. The number of nitrogens with zero attached hydrogens (tertiary/aromatic N) is 3. The van der Waals surface area contributed by atoms with Gasteiger partial charge in [0.2, 0.25) is 10.0 Å². The van der Waals surface area contributed by atoms with Crippen molar-refractivity contribution < 1.29 is 13.2 Å². The van der Waals surface area contributed by atoms with Crippen molar-refractivity contribution in [3.63, 3.8) is 0 Å². The molecule has 146 valence electrons. The smallest absolute Gasteiger partial charge is 0.243 e. The fourth-order valence-corrected chi connectivity index (χ4v) is 4.55. The fourth-order valence-electron chi connectivity index (χ4n) is 3.14. The van der Waals surface area contributed by atoms with E-state index in [2.05, 4.69) is 15.3 Å². The van der Waals surface area contributed by atoms with Crippen molar-refractivity contribution in [3.05, 3.63) is 60.3 Å². The van der Waals surface area contributed by atoms with Gasteiger partial charge < -0.3 is 10.1 Å². The number of anilines is 1. The van der Waals surface area contributed by atoms with Gasteiger partial charge in [-0.2, -0.15) is 4.31 Å². The SMILES string of the molecule is O=S(=O)(c1ccc(CCNc2cnc3ccccc3n2)cc1)N1CCOCC1. The average molecular weight is 398 g/mol. The molecule has 8 heteroatoms. The molecule has 0 radical (unpaired) electrons. The first kappa shape index (κ1) is 18.8. The predicted octanol–water partition coefficient (Wildman–Crippen LogP) is 2.31. The first-order chi connectivity index (χ1) is 13.6. The predicted molar refractivity (Wildman–Crippen MR) is 108 cm³/mol. The fraction of sp³-hybridized carbons (Fsp3) is 0.300. The molecule has 0 unspecified atom stereocenters.